The number of hydrogen-bond acceptors (Lipinski definition) is 3. The molecule has 0 aromatic heterocycles. The SMILES string of the molecule is COC(=O)c1ccc(Nc2ccc(C3CCCCC3)cc2)c(C)c1. The van der Waals surface area contributed by atoms with E-state index in [0.29, 0.717) is 5.56 Å². The van der Waals surface area contributed by atoms with Gasteiger partial charge < -0.3 is 10.1 Å². The molecule has 1 fully saturated rings. The van der Waals surface area contributed by atoms with Gasteiger partial charge >= 0.3 is 5.97 Å². The molecule has 3 rings (SSSR count). The highest BCUT2D eigenvalue weighted by Gasteiger charge is 2.15. The fraction of sp³-hybridized carbons (Fsp3) is 0.381. The molecule has 3 heteroatoms. The number of rotatable bonds is 4. The smallest absolute Gasteiger partial charge is 0.337 e. The van der Waals surface area contributed by atoms with Gasteiger partial charge in [0, 0.05) is 11.4 Å². The normalized spacial score (nSPS) is 15.1. The first-order chi connectivity index (χ1) is 11.7. The van der Waals surface area contributed by atoms with Gasteiger partial charge in [-0.05, 0) is 67.1 Å². The Morgan fingerprint density at radius 1 is 1.04 bits per heavy atom. The Morgan fingerprint density at radius 3 is 2.38 bits per heavy atom. The molecule has 0 spiro atoms. The quantitative estimate of drug-likeness (QED) is 0.747. The summed E-state index contributed by atoms with van der Waals surface area (Å²) in [6.45, 7) is 1.99. The number of methoxy groups -OCH3 is 1. The van der Waals surface area contributed by atoms with Crippen LogP contribution in [-0.4, -0.2) is 13.1 Å². The van der Waals surface area contributed by atoms with Gasteiger partial charge in [-0.15, -0.1) is 0 Å². The maximum atomic E-state index is 11.6. The maximum Gasteiger partial charge on any atom is 0.337 e. The fourth-order valence-electron chi connectivity index (χ4n) is 3.48. The van der Waals surface area contributed by atoms with Gasteiger partial charge in [0.1, 0.15) is 0 Å². The summed E-state index contributed by atoms with van der Waals surface area (Å²) in [6, 6.07) is 14.4. The van der Waals surface area contributed by atoms with E-state index in [1.54, 1.807) is 6.07 Å². The van der Waals surface area contributed by atoms with Gasteiger partial charge in [-0.25, -0.2) is 4.79 Å². The molecule has 3 nitrogen and oxygen atoms in total. The lowest BCUT2D eigenvalue weighted by Crippen LogP contribution is -2.04. The second-order valence-corrected chi connectivity index (χ2v) is 6.60. The van der Waals surface area contributed by atoms with E-state index in [4.69, 9.17) is 4.74 Å². The predicted octanol–water partition coefficient (Wildman–Crippen LogP) is 5.57. The molecule has 24 heavy (non-hydrogen) atoms. The Hall–Kier alpha value is -2.29. The molecular formula is C21H25NO2. The number of nitrogens with one attached hydrogen (secondary N) is 1. The maximum absolute atomic E-state index is 11.6. The summed E-state index contributed by atoms with van der Waals surface area (Å²) in [7, 11) is 1.40. The van der Waals surface area contributed by atoms with E-state index in [2.05, 4.69) is 29.6 Å². The molecule has 0 saturated heterocycles. The van der Waals surface area contributed by atoms with Crippen molar-refractivity contribution in [2.75, 3.05) is 12.4 Å². The molecule has 0 heterocycles. The van der Waals surface area contributed by atoms with E-state index in [1.165, 1.54) is 44.8 Å². The van der Waals surface area contributed by atoms with Crippen LogP contribution in [0.3, 0.4) is 0 Å². The van der Waals surface area contributed by atoms with Crippen LogP contribution in [0.5, 0.6) is 0 Å². The Morgan fingerprint density at radius 2 is 1.75 bits per heavy atom. The average molecular weight is 323 g/mol. The monoisotopic (exact) mass is 323 g/mol. The lowest BCUT2D eigenvalue weighted by atomic mass is 9.84. The first kappa shape index (κ1) is 16.6. The topological polar surface area (TPSA) is 38.3 Å². The highest BCUT2D eigenvalue weighted by atomic mass is 16.5. The molecule has 0 unspecified atom stereocenters. The summed E-state index contributed by atoms with van der Waals surface area (Å²) >= 11 is 0. The average Bonchev–Trinajstić information content (AvgIpc) is 2.64. The molecule has 126 valence electrons. The van der Waals surface area contributed by atoms with Gasteiger partial charge in [0.2, 0.25) is 0 Å². The van der Waals surface area contributed by atoms with Crippen molar-refractivity contribution in [3.8, 4) is 0 Å². The van der Waals surface area contributed by atoms with E-state index in [0.717, 1.165) is 22.9 Å². The third-order valence-electron chi connectivity index (χ3n) is 4.91. The third kappa shape index (κ3) is 3.78. The van der Waals surface area contributed by atoms with Gasteiger partial charge in [-0.2, -0.15) is 0 Å². The van der Waals surface area contributed by atoms with Crippen molar-refractivity contribution in [2.45, 2.75) is 44.9 Å². The van der Waals surface area contributed by atoms with Crippen LogP contribution in [0.15, 0.2) is 42.5 Å². The Bertz CT molecular complexity index is 700. The van der Waals surface area contributed by atoms with Crippen LogP contribution < -0.4 is 5.32 Å². The van der Waals surface area contributed by atoms with Crippen molar-refractivity contribution in [2.24, 2.45) is 0 Å². The van der Waals surface area contributed by atoms with Crippen molar-refractivity contribution >= 4 is 17.3 Å². The molecule has 0 radical (unpaired) electrons. The number of esters is 1. The standard InChI is InChI=1S/C21H25NO2/c1-15-14-18(21(23)24-2)10-13-20(15)22-19-11-8-17(9-12-19)16-6-4-3-5-7-16/h8-14,16,22H,3-7H2,1-2H3. The number of hydrogen-bond donors (Lipinski definition) is 1. The zero-order valence-electron chi connectivity index (χ0n) is 14.5. The fourth-order valence-corrected chi connectivity index (χ4v) is 3.48. The summed E-state index contributed by atoms with van der Waals surface area (Å²) < 4.78 is 4.76. The van der Waals surface area contributed by atoms with Crippen molar-refractivity contribution in [3.05, 3.63) is 59.2 Å². The molecule has 1 N–H and O–H groups in total. The number of ether oxygens (including phenoxy) is 1. The van der Waals surface area contributed by atoms with Gasteiger partial charge in [0.05, 0.1) is 12.7 Å². The van der Waals surface area contributed by atoms with Crippen LogP contribution in [0, 0.1) is 6.92 Å². The third-order valence-corrected chi connectivity index (χ3v) is 4.91. The second kappa shape index (κ2) is 7.52. The van der Waals surface area contributed by atoms with Crippen molar-refractivity contribution in [1.82, 2.24) is 0 Å². The minimum Gasteiger partial charge on any atom is -0.465 e. The lowest BCUT2D eigenvalue weighted by molar-refractivity contribution is 0.0600. The van der Waals surface area contributed by atoms with Crippen LogP contribution in [0.1, 0.15) is 59.5 Å². The second-order valence-electron chi connectivity index (χ2n) is 6.60. The molecular weight excluding hydrogens is 298 g/mol. The molecule has 0 atom stereocenters. The van der Waals surface area contributed by atoms with E-state index in [1.807, 2.05) is 19.1 Å². The summed E-state index contributed by atoms with van der Waals surface area (Å²) in [5, 5.41) is 3.43. The molecule has 1 aliphatic carbocycles. The van der Waals surface area contributed by atoms with Gasteiger partial charge in [-0.1, -0.05) is 31.4 Å². The minimum atomic E-state index is -0.304. The molecule has 2 aromatic rings. The van der Waals surface area contributed by atoms with Crippen LogP contribution in [0.25, 0.3) is 0 Å². The van der Waals surface area contributed by atoms with Gasteiger partial charge in [0.15, 0.2) is 0 Å². The number of benzene rings is 2. The number of aryl methyl sites for hydroxylation is 1. The Labute approximate surface area is 144 Å². The van der Waals surface area contributed by atoms with Gasteiger partial charge in [-0.3, -0.25) is 0 Å². The van der Waals surface area contributed by atoms with Crippen LogP contribution in [0.2, 0.25) is 0 Å². The summed E-state index contributed by atoms with van der Waals surface area (Å²) in [6.07, 6.45) is 6.74. The van der Waals surface area contributed by atoms with Gasteiger partial charge in [0.25, 0.3) is 0 Å². The van der Waals surface area contributed by atoms with E-state index < -0.39 is 0 Å². The highest BCUT2D eigenvalue weighted by Crippen LogP contribution is 2.33. The lowest BCUT2D eigenvalue weighted by Gasteiger charge is -2.22. The van der Waals surface area contributed by atoms with Crippen molar-refractivity contribution < 1.29 is 9.53 Å². The highest BCUT2D eigenvalue weighted by molar-refractivity contribution is 5.90. The van der Waals surface area contributed by atoms with Crippen LogP contribution >= 0.6 is 0 Å². The largest absolute Gasteiger partial charge is 0.465 e. The number of carbonyl (C=O) groups is 1. The number of carbonyl (C=O) groups excluding carboxylic acids is 1. The summed E-state index contributed by atoms with van der Waals surface area (Å²) in [5.41, 5.74) is 5.14. The Balaban J connectivity index is 1.70. The minimum absolute atomic E-state index is 0.304. The van der Waals surface area contributed by atoms with Crippen LogP contribution in [-0.2, 0) is 4.74 Å². The van der Waals surface area contributed by atoms with E-state index >= 15 is 0 Å². The van der Waals surface area contributed by atoms with Crippen molar-refractivity contribution in [3.63, 3.8) is 0 Å². The number of anilines is 2. The van der Waals surface area contributed by atoms with Crippen LogP contribution in [0.4, 0.5) is 11.4 Å². The van der Waals surface area contributed by atoms with E-state index in [-0.39, 0.29) is 5.97 Å². The zero-order valence-corrected chi connectivity index (χ0v) is 14.5. The first-order valence-corrected chi connectivity index (χ1v) is 8.73. The molecule has 0 aliphatic heterocycles. The summed E-state index contributed by atoms with van der Waals surface area (Å²) in [5.74, 6) is 0.426. The van der Waals surface area contributed by atoms with Crippen molar-refractivity contribution in [1.29, 1.82) is 0 Å². The zero-order chi connectivity index (χ0) is 16.9. The molecule has 2 aromatic carbocycles. The first-order valence-electron chi connectivity index (χ1n) is 8.73. The molecule has 1 saturated carbocycles. The summed E-state index contributed by atoms with van der Waals surface area (Å²) in [4.78, 5) is 11.6. The van der Waals surface area contributed by atoms with E-state index in [9.17, 15) is 4.79 Å². The molecule has 1 aliphatic rings. The predicted molar refractivity (Wildman–Crippen MR) is 98.1 cm³/mol. The Kier molecular flexibility index (Phi) is 5.19. The molecule has 0 amide bonds. The molecule has 0 bridgehead atoms.